The first-order valence-corrected chi connectivity index (χ1v) is 9.01. The van der Waals surface area contributed by atoms with Gasteiger partial charge in [-0.15, -0.1) is 0 Å². The second kappa shape index (κ2) is 6.29. The van der Waals surface area contributed by atoms with Crippen molar-refractivity contribution in [2.24, 2.45) is 0 Å². The van der Waals surface area contributed by atoms with Gasteiger partial charge < -0.3 is 4.74 Å². The standard InChI is InChI=1S/C17H18FNO3S/c1-2-12-3-6-14(7-4-12)23(20,21)19-16-9-10-22-17-8-5-13(18)11-15(16)17/h3-8,11,16,19H,2,9-10H2,1H3. The Hall–Kier alpha value is -1.92. The molecule has 1 atom stereocenters. The SMILES string of the molecule is CCc1ccc(S(=O)(=O)NC2CCOc3ccc(F)cc32)cc1. The molecule has 1 unspecified atom stereocenters. The lowest BCUT2D eigenvalue weighted by Crippen LogP contribution is -2.32. The van der Waals surface area contributed by atoms with E-state index in [1.807, 2.05) is 6.92 Å². The van der Waals surface area contributed by atoms with Gasteiger partial charge in [-0.25, -0.2) is 17.5 Å². The van der Waals surface area contributed by atoms with Gasteiger partial charge in [0.2, 0.25) is 10.0 Å². The zero-order valence-electron chi connectivity index (χ0n) is 12.8. The summed E-state index contributed by atoms with van der Waals surface area (Å²) in [4.78, 5) is 0.208. The van der Waals surface area contributed by atoms with Crippen molar-refractivity contribution in [2.45, 2.75) is 30.7 Å². The molecule has 122 valence electrons. The minimum Gasteiger partial charge on any atom is -0.493 e. The maximum atomic E-state index is 13.5. The van der Waals surface area contributed by atoms with Crippen LogP contribution in [0.25, 0.3) is 0 Å². The Kier molecular flexibility index (Phi) is 4.37. The first kappa shape index (κ1) is 16.0. The van der Waals surface area contributed by atoms with E-state index in [2.05, 4.69) is 4.72 Å². The average molecular weight is 335 g/mol. The molecular formula is C17H18FNO3S. The third-order valence-electron chi connectivity index (χ3n) is 3.95. The second-order valence-electron chi connectivity index (χ2n) is 5.49. The minimum atomic E-state index is -3.67. The van der Waals surface area contributed by atoms with Gasteiger partial charge in [-0.1, -0.05) is 19.1 Å². The number of nitrogens with one attached hydrogen (secondary N) is 1. The van der Waals surface area contributed by atoms with Gasteiger partial charge >= 0.3 is 0 Å². The molecule has 0 spiro atoms. The van der Waals surface area contributed by atoms with Gasteiger partial charge in [0.15, 0.2) is 0 Å². The lowest BCUT2D eigenvalue weighted by atomic mass is 10.0. The molecule has 0 bridgehead atoms. The molecule has 1 heterocycles. The van der Waals surface area contributed by atoms with Crippen molar-refractivity contribution >= 4 is 10.0 Å². The number of aryl methyl sites for hydroxylation is 1. The van der Waals surface area contributed by atoms with Gasteiger partial charge in [-0.3, -0.25) is 0 Å². The van der Waals surface area contributed by atoms with Crippen molar-refractivity contribution in [3.63, 3.8) is 0 Å². The van der Waals surface area contributed by atoms with Crippen LogP contribution in [0.2, 0.25) is 0 Å². The fourth-order valence-electron chi connectivity index (χ4n) is 2.65. The maximum absolute atomic E-state index is 13.5. The molecule has 6 heteroatoms. The van der Waals surface area contributed by atoms with Gasteiger partial charge in [0.25, 0.3) is 0 Å². The Morgan fingerprint density at radius 3 is 2.65 bits per heavy atom. The monoisotopic (exact) mass is 335 g/mol. The van der Waals surface area contributed by atoms with E-state index in [1.54, 1.807) is 24.3 Å². The molecule has 3 rings (SSSR count). The van der Waals surface area contributed by atoms with Crippen LogP contribution in [0.1, 0.15) is 30.5 Å². The van der Waals surface area contributed by atoms with Crippen LogP contribution >= 0.6 is 0 Å². The molecule has 1 aliphatic rings. The van der Waals surface area contributed by atoms with E-state index in [4.69, 9.17) is 4.74 Å². The summed E-state index contributed by atoms with van der Waals surface area (Å²) >= 11 is 0. The topological polar surface area (TPSA) is 55.4 Å². The molecule has 1 aliphatic heterocycles. The molecule has 1 N–H and O–H groups in total. The molecule has 0 saturated carbocycles. The molecule has 0 radical (unpaired) electrons. The van der Waals surface area contributed by atoms with E-state index in [-0.39, 0.29) is 4.90 Å². The highest BCUT2D eigenvalue weighted by Gasteiger charge is 2.27. The summed E-state index contributed by atoms with van der Waals surface area (Å²) in [5.74, 6) is 0.109. The Bertz CT molecular complexity index is 803. The highest BCUT2D eigenvalue weighted by atomic mass is 32.2. The molecule has 0 amide bonds. The van der Waals surface area contributed by atoms with Crippen LogP contribution in [0.15, 0.2) is 47.4 Å². The molecule has 0 saturated heterocycles. The summed E-state index contributed by atoms with van der Waals surface area (Å²) in [6.07, 6.45) is 1.31. The van der Waals surface area contributed by atoms with Crippen LogP contribution in [-0.2, 0) is 16.4 Å². The van der Waals surface area contributed by atoms with Crippen molar-refractivity contribution in [3.05, 3.63) is 59.4 Å². The van der Waals surface area contributed by atoms with E-state index in [0.717, 1.165) is 12.0 Å². The van der Waals surface area contributed by atoms with Crippen molar-refractivity contribution in [1.29, 1.82) is 0 Å². The summed E-state index contributed by atoms with van der Waals surface area (Å²) in [6, 6.07) is 10.4. The molecule has 0 fully saturated rings. The molecule has 4 nitrogen and oxygen atoms in total. The van der Waals surface area contributed by atoms with Crippen LogP contribution in [-0.4, -0.2) is 15.0 Å². The van der Waals surface area contributed by atoms with Gasteiger partial charge in [0.05, 0.1) is 17.5 Å². The number of halogens is 1. The van der Waals surface area contributed by atoms with Gasteiger partial charge in [-0.2, -0.15) is 0 Å². The number of benzene rings is 2. The molecule has 2 aromatic rings. The summed E-state index contributed by atoms with van der Waals surface area (Å²) in [5, 5.41) is 0. The quantitative estimate of drug-likeness (QED) is 0.933. The Balaban J connectivity index is 1.88. The van der Waals surface area contributed by atoms with Crippen LogP contribution in [0.4, 0.5) is 4.39 Å². The summed E-state index contributed by atoms with van der Waals surface area (Å²) in [7, 11) is -3.67. The average Bonchev–Trinajstić information content (AvgIpc) is 2.55. The summed E-state index contributed by atoms with van der Waals surface area (Å²) in [6.45, 7) is 2.40. The number of ether oxygens (including phenoxy) is 1. The van der Waals surface area contributed by atoms with Crippen molar-refractivity contribution < 1.29 is 17.5 Å². The third-order valence-corrected chi connectivity index (χ3v) is 5.44. The smallest absolute Gasteiger partial charge is 0.241 e. The Morgan fingerprint density at radius 1 is 1.22 bits per heavy atom. The number of sulfonamides is 1. The van der Waals surface area contributed by atoms with Gasteiger partial charge in [-0.05, 0) is 42.3 Å². The van der Waals surface area contributed by atoms with Gasteiger partial charge in [0.1, 0.15) is 11.6 Å². The number of fused-ring (bicyclic) bond motifs is 1. The number of hydrogen-bond donors (Lipinski definition) is 1. The van der Waals surface area contributed by atoms with Crippen LogP contribution in [0, 0.1) is 5.82 Å². The molecular weight excluding hydrogens is 317 g/mol. The van der Waals surface area contributed by atoms with Crippen molar-refractivity contribution in [2.75, 3.05) is 6.61 Å². The summed E-state index contributed by atoms with van der Waals surface area (Å²) < 4.78 is 46.7. The molecule has 0 aliphatic carbocycles. The van der Waals surface area contributed by atoms with E-state index in [9.17, 15) is 12.8 Å². The molecule has 23 heavy (non-hydrogen) atoms. The summed E-state index contributed by atoms with van der Waals surface area (Å²) in [5.41, 5.74) is 1.60. The lowest BCUT2D eigenvalue weighted by Gasteiger charge is -2.26. The zero-order chi connectivity index (χ0) is 16.4. The largest absolute Gasteiger partial charge is 0.493 e. The van der Waals surface area contributed by atoms with E-state index in [0.29, 0.717) is 24.3 Å². The Morgan fingerprint density at radius 2 is 1.96 bits per heavy atom. The number of hydrogen-bond acceptors (Lipinski definition) is 3. The Labute approximate surface area is 135 Å². The minimum absolute atomic E-state index is 0.208. The third kappa shape index (κ3) is 3.38. The normalized spacial score (nSPS) is 17.4. The highest BCUT2D eigenvalue weighted by Crippen LogP contribution is 2.33. The van der Waals surface area contributed by atoms with Crippen LogP contribution in [0.3, 0.4) is 0 Å². The van der Waals surface area contributed by atoms with Crippen molar-refractivity contribution in [3.8, 4) is 5.75 Å². The predicted octanol–water partition coefficient (Wildman–Crippen LogP) is 3.19. The number of rotatable bonds is 4. The first-order valence-electron chi connectivity index (χ1n) is 7.53. The molecule has 0 aromatic heterocycles. The van der Waals surface area contributed by atoms with E-state index in [1.165, 1.54) is 18.2 Å². The van der Waals surface area contributed by atoms with E-state index < -0.39 is 21.9 Å². The highest BCUT2D eigenvalue weighted by molar-refractivity contribution is 7.89. The fourth-order valence-corrected chi connectivity index (χ4v) is 3.90. The van der Waals surface area contributed by atoms with Gasteiger partial charge in [0, 0.05) is 12.0 Å². The van der Waals surface area contributed by atoms with Crippen molar-refractivity contribution in [1.82, 2.24) is 4.72 Å². The molecule has 2 aromatic carbocycles. The second-order valence-corrected chi connectivity index (χ2v) is 7.20. The maximum Gasteiger partial charge on any atom is 0.241 e. The lowest BCUT2D eigenvalue weighted by molar-refractivity contribution is 0.262. The zero-order valence-corrected chi connectivity index (χ0v) is 13.6. The first-order chi connectivity index (χ1) is 11.0. The predicted molar refractivity (Wildman–Crippen MR) is 85.4 cm³/mol. The van der Waals surface area contributed by atoms with E-state index >= 15 is 0 Å². The van der Waals surface area contributed by atoms with Crippen LogP contribution < -0.4 is 9.46 Å². The fraction of sp³-hybridized carbons (Fsp3) is 0.294. The van der Waals surface area contributed by atoms with Crippen LogP contribution in [0.5, 0.6) is 5.75 Å².